The molecular formula is C21H24N6S2. The molecule has 0 aliphatic rings. The zero-order valence-electron chi connectivity index (χ0n) is 17.0. The molecule has 8 heteroatoms. The van der Waals surface area contributed by atoms with Gasteiger partial charge in [-0.25, -0.2) is 0 Å². The number of hydrogen-bond acceptors (Lipinski definition) is 7. The van der Waals surface area contributed by atoms with Gasteiger partial charge in [-0.05, 0) is 30.2 Å². The highest BCUT2D eigenvalue weighted by molar-refractivity contribution is 7.99. The second-order valence-corrected chi connectivity index (χ2v) is 9.96. The summed E-state index contributed by atoms with van der Waals surface area (Å²) in [5.41, 5.74) is 2.03. The van der Waals surface area contributed by atoms with Crippen molar-refractivity contribution in [2.75, 3.05) is 5.32 Å². The summed E-state index contributed by atoms with van der Waals surface area (Å²) in [6, 6.07) is 12.6. The molecule has 150 valence electrons. The molecule has 0 amide bonds. The fourth-order valence-corrected chi connectivity index (χ4v) is 4.60. The van der Waals surface area contributed by atoms with E-state index in [-0.39, 0.29) is 5.41 Å². The molecule has 0 unspecified atom stereocenters. The van der Waals surface area contributed by atoms with Crippen LogP contribution in [0, 0.1) is 0 Å². The van der Waals surface area contributed by atoms with Crippen LogP contribution in [-0.2, 0) is 18.4 Å². The topological polar surface area (TPSA) is 68.0 Å². The molecule has 3 aromatic heterocycles. The molecule has 1 aromatic carbocycles. The highest BCUT2D eigenvalue weighted by Crippen LogP contribution is 2.32. The van der Waals surface area contributed by atoms with Gasteiger partial charge in [0.2, 0.25) is 5.13 Å². The van der Waals surface area contributed by atoms with Crippen LogP contribution >= 0.6 is 23.1 Å². The van der Waals surface area contributed by atoms with Crippen molar-refractivity contribution in [3.63, 3.8) is 0 Å². The van der Waals surface area contributed by atoms with E-state index >= 15 is 0 Å². The van der Waals surface area contributed by atoms with E-state index in [9.17, 15) is 0 Å². The Balaban J connectivity index is 1.56. The first-order chi connectivity index (χ1) is 13.9. The van der Waals surface area contributed by atoms with Crippen molar-refractivity contribution in [3.05, 3.63) is 59.0 Å². The van der Waals surface area contributed by atoms with Crippen molar-refractivity contribution in [2.24, 2.45) is 0 Å². The van der Waals surface area contributed by atoms with Gasteiger partial charge >= 0.3 is 0 Å². The number of nitrogens with one attached hydrogen (secondary N) is 1. The minimum atomic E-state index is -0.0659. The van der Waals surface area contributed by atoms with Gasteiger partial charge in [0.25, 0.3) is 0 Å². The molecule has 0 aliphatic carbocycles. The minimum Gasteiger partial charge on any atom is -0.356 e. The molecule has 0 fully saturated rings. The maximum atomic E-state index is 4.39. The van der Waals surface area contributed by atoms with E-state index in [2.05, 4.69) is 94.3 Å². The van der Waals surface area contributed by atoms with Crippen LogP contribution in [-0.4, -0.2) is 24.8 Å². The van der Waals surface area contributed by atoms with Gasteiger partial charge in [-0.15, -0.1) is 20.4 Å². The zero-order valence-corrected chi connectivity index (χ0v) is 18.6. The summed E-state index contributed by atoms with van der Waals surface area (Å²) in [5.74, 6) is 0.966. The maximum absolute atomic E-state index is 4.39. The summed E-state index contributed by atoms with van der Waals surface area (Å²) in [6.45, 7) is 9.27. The quantitative estimate of drug-likeness (QED) is 0.459. The predicted molar refractivity (Wildman–Crippen MR) is 119 cm³/mol. The van der Waals surface area contributed by atoms with E-state index in [4.69, 9.17) is 0 Å². The number of benzene rings is 1. The lowest BCUT2D eigenvalue weighted by atomic mass is 9.96. The first-order valence-corrected chi connectivity index (χ1v) is 11.2. The standard InChI is InChI=1S/C21H24N6S2/c1-5-18-24-26-20(29-18)22-12-14-8-6-7-9-16(14)28-15-10-11-17-23-25-19(21(2,3)4)27(17)13-15/h6-11,13H,5,12H2,1-4H3,(H,22,26). The number of fused-ring (bicyclic) bond motifs is 1. The van der Waals surface area contributed by atoms with Gasteiger partial charge in [-0.1, -0.05) is 69.0 Å². The predicted octanol–water partition coefficient (Wildman–Crippen LogP) is 5.20. The van der Waals surface area contributed by atoms with E-state index in [0.29, 0.717) is 6.54 Å². The van der Waals surface area contributed by atoms with Crippen LogP contribution in [0.25, 0.3) is 5.65 Å². The number of anilines is 1. The second kappa shape index (κ2) is 8.12. The Kier molecular flexibility index (Phi) is 5.56. The van der Waals surface area contributed by atoms with Crippen molar-refractivity contribution < 1.29 is 0 Å². The van der Waals surface area contributed by atoms with Gasteiger partial charge in [0.1, 0.15) is 10.8 Å². The monoisotopic (exact) mass is 424 g/mol. The van der Waals surface area contributed by atoms with E-state index in [1.54, 1.807) is 23.1 Å². The van der Waals surface area contributed by atoms with Crippen LogP contribution < -0.4 is 5.32 Å². The van der Waals surface area contributed by atoms with E-state index in [1.165, 1.54) is 10.5 Å². The number of rotatable bonds is 6. The van der Waals surface area contributed by atoms with Crippen LogP contribution in [0.4, 0.5) is 5.13 Å². The lowest BCUT2D eigenvalue weighted by molar-refractivity contribution is 0.538. The van der Waals surface area contributed by atoms with Gasteiger partial charge < -0.3 is 5.32 Å². The Morgan fingerprint density at radius 2 is 1.86 bits per heavy atom. The van der Waals surface area contributed by atoms with E-state index in [0.717, 1.165) is 32.9 Å². The third-order valence-corrected chi connectivity index (χ3v) is 6.57. The summed E-state index contributed by atoms with van der Waals surface area (Å²) >= 11 is 3.36. The average molecular weight is 425 g/mol. The second-order valence-electron chi connectivity index (χ2n) is 7.78. The molecule has 0 atom stereocenters. The van der Waals surface area contributed by atoms with Crippen LogP contribution in [0.1, 0.15) is 44.1 Å². The Bertz CT molecular complexity index is 1130. The first-order valence-electron chi connectivity index (χ1n) is 9.61. The molecule has 0 radical (unpaired) electrons. The van der Waals surface area contributed by atoms with Gasteiger partial charge in [0, 0.05) is 27.9 Å². The Morgan fingerprint density at radius 1 is 1.03 bits per heavy atom. The molecule has 0 saturated carbocycles. The van der Waals surface area contributed by atoms with E-state index < -0.39 is 0 Å². The molecule has 6 nitrogen and oxygen atoms in total. The molecule has 4 rings (SSSR count). The average Bonchev–Trinajstić information content (AvgIpc) is 3.33. The van der Waals surface area contributed by atoms with Crippen LogP contribution in [0.15, 0.2) is 52.4 Å². The van der Waals surface area contributed by atoms with E-state index in [1.807, 2.05) is 6.07 Å². The third kappa shape index (κ3) is 4.43. The number of pyridine rings is 1. The summed E-state index contributed by atoms with van der Waals surface area (Å²) in [5, 5.41) is 22.4. The van der Waals surface area contributed by atoms with Crippen molar-refractivity contribution >= 4 is 33.9 Å². The van der Waals surface area contributed by atoms with Gasteiger partial charge in [-0.2, -0.15) is 0 Å². The van der Waals surface area contributed by atoms with Gasteiger partial charge in [0.15, 0.2) is 5.65 Å². The first kappa shape index (κ1) is 19.8. The molecule has 0 spiro atoms. The highest BCUT2D eigenvalue weighted by atomic mass is 32.2. The lowest BCUT2D eigenvalue weighted by Crippen LogP contribution is -2.15. The minimum absolute atomic E-state index is 0.0659. The SMILES string of the molecule is CCc1nnc(NCc2ccccc2Sc2ccc3nnc(C(C)(C)C)n3c2)s1. The summed E-state index contributed by atoms with van der Waals surface area (Å²) < 4.78 is 2.09. The highest BCUT2D eigenvalue weighted by Gasteiger charge is 2.21. The van der Waals surface area contributed by atoms with Gasteiger partial charge in [0.05, 0.1) is 0 Å². The summed E-state index contributed by atoms with van der Waals surface area (Å²) in [4.78, 5) is 2.37. The van der Waals surface area contributed by atoms with Crippen molar-refractivity contribution in [1.29, 1.82) is 0 Å². The molecule has 0 bridgehead atoms. The van der Waals surface area contributed by atoms with Crippen LogP contribution in [0.5, 0.6) is 0 Å². The molecule has 1 N–H and O–H groups in total. The Morgan fingerprint density at radius 3 is 2.62 bits per heavy atom. The zero-order chi connectivity index (χ0) is 20.4. The molecule has 0 aliphatic heterocycles. The fraction of sp³-hybridized carbons (Fsp3) is 0.333. The van der Waals surface area contributed by atoms with Crippen molar-refractivity contribution in [1.82, 2.24) is 24.8 Å². The Hall–Kier alpha value is -2.45. The van der Waals surface area contributed by atoms with Gasteiger partial charge in [-0.3, -0.25) is 4.40 Å². The number of aryl methyl sites for hydroxylation is 1. The lowest BCUT2D eigenvalue weighted by Gasteiger charge is -2.16. The summed E-state index contributed by atoms with van der Waals surface area (Å²) in [7, 11) is 0. The molecule has 3 heterocycles. The molecular weight excluding hydrogens is 400 g/mol. The number of aromatic nitrogens is 5. The normalized spacial score (nSPS) is 11.9. The van der Waals surface area contributed by atoms with Crippen molar-refractivity contribution in [2.45, 2.75) is 55.9 Å². The largest absolute Gasteiger partial charge is 0.356 e. The van der Waals surface area contributed by atoms with Crippen molar-refractivity contribution in [3.8, 4) is 0 Å². The number of nitrogens with zero attached hydrogens (tertiary/aromatic N) is 5. The van der Waals surface area contributed by atoms with Crippen LogP contribution in [0.2, 0.25) is 0 Å². The molecule has 4 aromatic rings. The van der Waals surface area contributed by atoms with Crippen LogP contribution in [0.3, 0.4) is 0 Å². The molecule has 0 saturated heterocycles. The summed E-state index contributed by atoms with van der Waals surface area (Å²) in [6.07, 6.45) is 3.04. The smallest absolute Gasteiger partial charge is 0.205 e. The number of hydrogen-bond donors (Lipinski definition) is 1. The molecule has 29 heavy (non-hydrogen) atoms. The maximum Gasteiger partial charge on any atom is 0.205 e. The Labute approximate surface area is 178 Å². The fourth-order valence-electron chi connectivity index (χ4n) is 2.96. The third-order valence-electron chi connectivity index (χ3n) is 4.45.